The predicted octanol–water partition coefficient (Wildman–Crippen LogP) is 5.57. The number of hydrogen-bond acceptors (Lipinski definition) is 9. The van der Waals surface area contributed by atoms with Crippen molar-refractivity contribution in [1.82, 2.24) is 24.7 Å². The molecule has 200 valence electrons. The van der Waals surface area contributed by atoms with Crippen LogP contribution < -0.4 is 4.72 Å². The maximum Gasteiger partial charge on any atom is 0.278 e. The molecule has 40 heavy (non-hydrogen) atoms. The maximum atomic E-state index is 13.3. The normalized spacial score (nSPS) is 11.6. The van der Waals surface area contributed by atoms with Gasteiger partial charge in [-0.1, -0.05) is 30.3 Å². The van der Waals surface area contributed by atoms with Crippen molar-refractivity contribution in [2.24, 2.45) is 10.2 Å². The molecule has 0 aliphatic rings. The van der Waals surface area contributed by atoms with E-state index >= 15 is 0 Å². The van der Waals surface area contributed by atoms with Crippen LogP contribution in [-0.2, 0) is 10.0 Å². The molecular weight excluding hydrogens is 528 g/mol. The summed E-state index contributed by atoms with van der Waals surface area (Å²) in [5.41, 5.74) is 4.28. The van der Waals surface area contributed by atoms with Crippen molar-refractivity contribution in [2.45, 2.75) is 25.7 Å². The average Bonchev–Trinajstić information content (AvgIpc) is 3.27. The minimum atomic E-state index is -3.92. The number of aryl methyl sites for hydroxylation is 3. The largest absolute Gasteiger partial charge is 0.278 e. The molecule has 1 N–H and O–H groups in total. The summed E-state index contributed by atoms with van der Waals surface area (Å²) < 4.78 is 29.4. The molecule has 5 rings (SSSR count). The van der Waals surface area contributed by atoms with Crippen molar-refractivity contribution in [3.05, 3.63) is 108 Å². The van der Waals surface area contributed by atoms with Crippen molar-refractivity contribution in [3.63, 3.8) is 0 Å². The van der Waals surface area contributed by atoms with Crippen molar-refractivity contribution in [1.29, 1.82) is 0 Å². The molecule has 5 aromatic rings. The van der Waals surface area contributed by atoms with E-state index in [-0.39, 0.29) is 16.8 Å². The molecule has 0 saturated carbocycles. The number of hydrogen-bond donors (Lipinski definition) is 1. The summed E-state index contributed by atoms with van der Waals surface area (Å²) in [7, 11) is -3.92. The Morgan fingerprint density at radius 2 is 1.50 bits per heavy atom. The van der Waals surface area contributed by atoms with Crippen LogP contribution in [0.1, 0.15) is 27.4 Å². The smallest absolute Gasteiger partial charge is 0.267 e. The number of aromatic nitrogens is 5. The number of azo groups is 1. The first-order valence-corrected chi connectivity index (χ1v) is 13.7. The Morgan fingerprint density at radius 1 is 0.850 bits per heavy atom. The monoisotopic (exact) mass is 552 g/mol. The van der Waals surface area contributed by atoms with Crippen LogP contribution in [0, 0.1) is 20.8 Å². The lowest BCUT2D eigenvalue weighted by Gasteiger charge is -2.08. The van der Waals surface area contributed by atoms with Crippen molar-refractivity contribution >= 4 is 33.3 Å². The SMILES string of the molecule is Cc1cc(C)nc(NS(=O)(=O)c2ccc(N=Nc3c(C)nn(C(=O)c4ccncc4)c3-c3ccccc3)cc2)n1. The lowest BCUT2D eigenvalue weighted by atomic mass is 10.1. The summed E-state index contributed by atoms with van der Waals surface area (Å²) >= 11 is 0. The Morgan fingerprint density at radius 3 is 2.15 bits per heavy atom. The zero-order chi connectivity index (χ0) is 28.3. The molecule has 0 fully saturated rings. The molecule has 12 heteroatoms. The van der Waals surface area contributed by atoms with Crippen LogP contribution in [0.15, 0.2) is 100 Å². The van der Waals surface area contributed by atoms with Gasteiger partial charge >= 0.3 is 0 Å². The Balaban J connectivity index is 1.45. The van der Waals surface area contributed by atoms with Crippen LogP contribution in [0.25, 0.3) is 11.3 Å². The second-order valence-corrected chi connectivity index (χ2v) is 10.6. The number of anilines is 1. The van der Waals surface area contributed by atoms with Crippen molar-refractivity contribution in [3.8, 4) is 11.3 Å². The van der Waals surface area contributed by atoms with Gasteiger partial charge in [0.15, 0.2) is 0 Å². The minimum absolute atomic E-state index is 0.00325. The Labute approximate surface area is 230 Å². The van der Waals surface area contributed by atoms with Crippen molar-refractivity contribution < 1.29 is 13.2 Å². The second-order valence-electron chi connectivity index (χ2n) is 8.88. The molecule has 0 radical (unpaired) electrons. The number of carbonyl (C=O) groups excluding carboxylic acids is 1. The molecule has 0 aliphatic carbocycles. The molecule has 11 nitrogen and oxygen atoms in total. The Kier molecular flexibility index (Phi) is 7.25. The number of nitrogens with one attached hydrogen (secondary N) is 1. The number of benzene rings is 2. The van der Waals surface area contributed by atoms with E-state index in [1.807, 2.05) is 30.3 Å². The third kappa shape index (κ3) is 5.66. The number of pyridine rings is 1. The van der Waals surface area contributed by atoms with Crippen LogP contribution in [0.4, 0.5) is 17.3 Å². The quantitative estimate of drug-likeness (QED) is 0.260. The van der Waals surface area contributed by atoms with Crippen molar-refractivity contribution in [2.75, 3.05) is 4.72 Å². The van der Waals surface area contributed by atoms with E-state index in [1.165, 1.54) is 28.9 Å². The molecule has 0 aliphatic heterocycles. The fourth-order valence-electron chi connectivity index (χ4n) is 4.01. The zero-order valence-electron chi connectivity index (χ0n) is 21.8. The fraction of sp³-hybridized carbons (Fsp3) is 0.107. The molecule has 0 bridgehead atoms. The first kappa shape index (κ1) is 26.5. The van der Waals surface area contributed by atoms with Gasteiger partial charge < -0.3 is 0 Å². The Hall–Kier alpha value is -5.10. The third-order valence-corrected chi connectivity index (χ3v) is 7.16. The number of sulfonamides is 1. The number of carbonyl (C=O) groups is 1. The summed E-state index contributed by atoms with van der Waals surface area (Å²) in [5.74, 6) is -0.329. The third-order valence-electron chi connectivity index (χ3n) is 5.82. The summed E-state index contributed by atoms with van der Waals surface area (Å²) in [6.45, 7) is 5.26. The maximum absolute atomic E-state index is 13.3. The molecule has 0 saturated heterocycles. The molecule has 3 aromatic heterocycles. The summed E-state index contributed by atoms with van der Waals surface area (Å²) in [4.78, 5) is 25.6. The minimum Gasteiger partial charge on any atom is -0.267 e. The van der Waals surface area contributed by atoms with Gasteiger partial charge in [0.2, 0.25) is 5.95 Å². The second kappa shape index (κ2) is 10.9. The first-order valence-electron chi connectivity index (χ1n) is 12.2. The number of nitrogens with zero attached hydrogens (tertiary/aromatic N) is 7. The topological polar surface area (TPSA) is 144 Å². The van der Waals surface area contributed by atoms with Gasteiger partial charge in [-0.2, -0.15) is 14.9 Å². The van der Waals surface area contributed by atoms with E-state index in [9.17, 15) is 13.2 Å². The van der Waals surface area contributed by atoms with Gasteiger partial charge in [-0.05, 0) is 63.2 Å². The lowest BCUT2D eigenvalue weighted by Crippen LogP contribution is -2.15. The van der Waals surface area contributed by atoms with E-state index in [2.05, 4.69) is 35.0 Å². The van der Waals surface area contributed by atoms with Gasteiger partial charge in [0.1, 0.15) is 11.4 Å². The van der Waals surface area contributed by atoms with Gasteiger partial charge in [-0.25, -0.2) is 23.1 Å². The molecule has 0 unspecified atom stereocenters. The highest BCUT2D eigenvalue weighted by Crippen LogP contribution is 2.35. The van der Waals surface area contributed by atoms with Crippen LogP contribution >= 0.6 is 0 Å². The van der Waals surface area contributed by atoms with E-state index in [0.717, 1.165) is 5.56 Å². The Bertz CT molecular complexity index is 1800. The highest BCUT2D eigenvalue weighted by molar-refractivity contribution is 7.92. The first-order chi connectivity index (χ1) is 19.2. The zero-order valence-corrected chi connectivity index (χ0v) is 22.7. The number of rotatable bonds is 7. The van der Waals surface area contributed by atoms with Gasteiger partial charge in [0, 0.05) is 34.9 Å². The standard InChI is InChI=1S/C28H24N8O3S/c1-18-17-19(2)31-28(30-18)35-40(38,39)24-11-9-23(10-12-24)32-33-25-20(3)34-36(26(25)21-7-5-4-6-8-21)27(37)22-13-15-29-16-14-22/h4-17H,1-3H3,(H,30,31,35). The average molecular weight is 553 g/mol. The van der Waals surface area contributed by atoms with E-state index < -0.39 is 10.0 Å². The summed E-state index contributed by atoms with van der Waals surface area (Å²) in [6.07, 6.45) is 3.08. The summed E-state index contributed by atoms with van der Waals surface area (Å²) in [6, 6.07) is 20.2. The van der Waals surface area contributed by atoms with Crippen LogP contribution in [0.5, 0.6) is 0 Å². The van der Waals surface area contributed by atoms with Gasteiger partial charge in [-0.15, -0.1) is 5.11 Å². The van der Waals surface area contributed by atoms with E-state index in [0.29, 0.717) is 39.7 Å². The van der Waals surface area contributed by atoms with Crippen LogP contribution in [0.3, 0.4) is 0 Å². The van der Waals surface area contributed by atoms with Gasteiger partial charge in [0.05, 0.1) is 16.3 Å². The summed E-state index contributed by atoms with van der Waals surface area (Å²) in [5, 5.41) is 13.2. The lowest BCUT2D eigenvalue weighted by molar-refractivity contribution is 0.0946. The van der Waals surface area contributed by atoms with Gasteiger partial charge in [0.25, 0.3) is 15.9 Å². The molecule has 0 atom stereocenters. The molecule has 3 heterocycles. The van der Waals surface area contributed by atoms with Crippen LogP contribution in [0.2, 0.25) is 0 Å². The predicted molar refractivity (Wildman–Crippen MR) is 149 cm³/mol. The van der Waals surface area contributed by atoms with Crippen LogP contribution in [-0.4, -0.2) is 39.1 Å². The highest BCUT2D eigenvalue weighted by Gasteiger charge is 2.22. The van der Waals surface area contributed by atoms with E-state index in [4.69, 9.17) is 0 Å². The molecule has 0 amide bonds. The molecule has 2 aromatic carbocycles. The highest BCUT2D eigenvalue weighted by atomic mass is 32.2. The van der Waals surface area contributed by atoms with Gasteiger partial charge in [-0.3, -0.25) is 9.78 Å². The molecular formula is C28H24N8O3S. The van der Waals surface area contributed by atoms with E-state index in [1.54, 1.807) is 51.4 Å². The molecule has 0 spiro atoms. The fourth-order valence-corrected chi connectivity index (χ4v) is 4.95.